The maximum absolute atomic E-state index is 11.8. The zero-order valence-electron chi connectivity index (χ0n) is 11.2. The van der Waals surface area contributed by atoms with Crippen LogP contribution in [0.4, 0.5) is 11.4 Å². The first-order valence-electron chi connectivity index (χ1n) is 6.21. The molecule has 0 unspecified atom stereocenters. The second kappa shape index (κ2) is 6.91. The molecule has 104 valence electrons. The molecule has 3 N–H and O–H groups in total. The quantitative estimate of drug-likeness (QED) is 0.502. The van der Waals surface area contributed by atoms with Gasteiger partial charge in [0.25, 0.3) is 0 Å². The normalized spacial score (nSPS) is 10.2. The molecule has 0 saturated carbocycles. The van der Waals surface area contributed by atoms with Crippen LogP contribution in [0.1, 0.15) is 12.0 Å². The number of aryl methyl sites for hydroxylation is 1. The number of carbonyl (C=O) groups excluding carboxylic acids is 1. The average Bonchev–Trinajstić information content (AvgIpc) is 2.43. The van der Waals surface area contributed by atoms with E-state index >= 15 is 0 Å². The first kappa shape index (κ1) is 14.3. The van der Waals surface area contributed by atoms with Crippen LogP contribution in [-0.2, 0) is 4.79 Å². The number of benzene rings is 1. The highest BCUT2D eigenvalue weighted by atomic mass is 32.2. The first-order valence-corrected chi connectivity index (χ1v) is 7.19. The standard InChI is InChI=1S/C14H16N4OS/c1-10-9-11(15)3-4-12(10)18-13(19)5-8-20-14-16-6-2-7-17-14/h2-4,6-7,9H,5,8,15H2,1H3,(H,18,19). The Morgan fingerprint density at radius 1 is 1.35 bits per heavy atom. The second-order valence-corrected chi connectivity index (χ2v) is 5.31. The van der Waals surface area contributed by atoms with E-state index in [0.717, 1.165) is 11.3 Å². The molecule has 0 aliphatic carbocycles. The molecule has 0 fully saturated rings. The molecule has 0 aliphatic rings. The van der Waals surface area contributed by atoms with Crippen LogP contribution in [0.5, 0.6) is 0 Å². The minimum absolute atomic E-state index is 0.0266. The number of nitrogens with zero attached hydrogens (tertiary/aromatic N) is 2. The summed E-state index contributed by atoms with van der Waals surface area (Å²) in [4.78, 5) is 20.0. The number of nitrogen functional groups attached to an aromatic ring is 1. The third kappa shape index (κ3) is 4.24. The number of carbonyl (C=O) groups is 1. The summed E-state index contributed by atoms with van der Waals surface area (Å²) in [5.74, 6) is 0.616. The molecule has 1 amide bonds. The number of hydrogen-bond donors (Lipinski definition) is 2. The lowest BCUT2D eigenvalue weighted by atomic mass is 10.2. The Balaban J connectivity index is 1.81. The van der Waals surface area contributed by atoms with E-state index in [1.807, 2.05) is 19.1 Å². The molecule has 0 aliphatic heterocycles. The van der Waals surface area contributed by atoms with Gasteiger partial charge in [-0.2, -0.15) is 0 Å². The van der Waals surface area contributed by atoms with Gasteiger partial charge in [0.05, 0.1) is 0 Å². The summed E-state index contributed by atoms with van der Waals surface area (Å²) in [7, 11) is 0. The Morgan fingerprint density at radius 3 is 2.80 bits per heavy atom. The van der Waals surface area contributed by atoms with Crippen molar-refractivity contribution >= 4 is 29.0 Å². The number of thioether (sulfide) groups is 1. The lowest BCUT2D eigenvalue weighted by Gasteiger charge is -2.08. The third-order valence-corrected chi connectivity index (χ3v) is 3.50. The van der Waals surface area contributed by atoms with Gasteiger partial charge in [0.2, 0.25) is 5.91 Å². The van der Waals surface area contributed by atoms with Crippen LogP contribution in [0, 0.1) is 6.92 Å². The fraction of sp³-hybridized carbons (Fsp3) is 0.214. The lowest BCUT2D eigenvalue weighted by Crippen LogP contribution is -2.13. The molecule has 0 spiro atoms. The van der Waals surface area contributed by atoms with Crippen LogP contribution >= 0.6 is 11.8 Å². The molecular weight excluding hydrogens is 272 g/mol. The van der Waals surface area contributed by atoms with E-state index in [9.17, 15) is 4.79 Å². The molecule has 1 aromatic heterocycles. The van der Waals surface area contributed by atoms with Crippen molar-refractivity contribution in [1.82, 2.24) is 9.97 Å². The number of aromatic nitrogens is 2. The number of anilines is 2. The van der Waals surface area contributed by atoms with Crippen molar-refractivity contribution in [3.05, 3.63) is 42.2 Å². The molecule has 0 bridgehead atoms. The Morgan fingerprint density at radius 2 is 2.10 bits per heavy atom. The number of nitrogens with one attached hydrogen (secondary N) is 1. The summed E-state index contributed by atoms with van der Waals surface area (Å²) in [5.41, 5.74) is 8.12. The van der Waals surface area contributed by atoms with Gasteiger partial charge >= 0.3 is 0 Å². The smallest absolute Gasteiger partial charge is 0.225 e. The molecule has 1 heterocycles. The minimum atomic E-state index is -0.0266. The van der Waals surface area contributed by atoms with Crippen molar-refractivity contribution in [1.29, 1.82) is 0 Å². The van der Waals surface area contributed by atoms with E-state index in [1.54, 1.807) is 24.5 Å². The predicted molar refractivity (Wildman–Crippen MR) is 81.6 cm³/mol. The molecular formula is C14H16N4OS. The second-order valence-electron chi connectivity index (χ2n) is 4.25. The molecule has 6 heteroatoms. The zero-order valence-corrected chi connectivity index (χ0v) is 12.0. The van der Waals surface area contributed by atoms with E-state index in [4.69, 9.17) is 5.73 Å². The van der Waals surface area contributed by atoms with Gasteiger partial charge in [0.15, 0.2) is 5.16 Å². The van der Waals surface area contributed by atoms with Gasteiger partial charge < -0.3 is 11.1 Å². The SMILES string of the molecule is Cc1cc(N)ccc1NC(=O)CCSc1ncccn1. The largest absolute Gasteiger partial charge is 0.399 e. The first-order chi connectivity index (χ1) is 9.65. The lowest BCUT2D eigenvalue weighted by molar-refractivity contribution is -0.115. The van der Waals surface area contributed by atoms with Crippen LogP contribution in [0.15, 0.2) is 41.8 Å². The summed E-state index contributed by atoms with van der Waals surface area (Å²) >= 11 is 1.46. The van der Waals surface area contributed by atoms with Crippen LogP contribution < -0.4 is 11.1 Å². The predicted octanol–water partition coefficient (Wildman–Crippen LogP) is 2.49. The van der Waals surface area contributed by atoms with Gasteiger partial charge in [-0.3, -0.25) is 4.79 Å². The molecule has 2 aromatic rings. The van der Waals surface area contributed by atoms with E-state index in [2.05, 4.69) is 15.3 Å². The Kier molecular flexibility index (Phi) is 4.95. The van der Waals surface area contributed by atoms with Crippen molar-refractivity contribution in [2.24, 2.45) is 0 Å². The van der Waals surface area contributed by atoms with Crippen molar-refractivity contribution < 1.29 is 4.79 Å². The fourth-order valence-corrected chi connectivity index (χ4v) is 2.38. The molecule has 5 nitrogen and oxygen atoms in total. The zero-order chi connectivity index (χ0) is 14.4. The highest BCUT2D eigenvalue weighted by molar-refractivity contribution is 7.99. The van der Waals surface area contributed by atoms with Crippen LogP contribution in [0.3, 0.4) is 0 Å². The molecule has 0 radical (unpaired) electrons. The summed E-state index contributed by atoms with van der Waals surface area (Å²) in [6.45, 7) is 1.92. The monoisotopic (exact) mass is 288 g/mol. The van der Waals surface area contributed by atoms with E-state index in [1.165, 1.54) is 11.8 Å². The summed E-state index contributed by atoms with van der Waals surface area (Å²) in [5, 5.41) is 3.56. The molecule has 0 atom stereocenters. The number of hydrogen-bond acceptors (Lipinski definition) is 5. The number of rotatable bonds is 5. The van der Waals surface area contributed by atoms with Gasteiger partial charge in [-0.05, 0) is 36.8 Å². The van der Waals surface area contributed by atoms with Crippen molar-refractivity contribution in [2.45, 2.75) is 18.5 Å². The highest BCUT2D eigenvalue weighted by Crippen LogP contribution is 2.18. The van der Waals surface area contributed by atoms with Gasteiger partial charge in [-0.15, -0.1) is 0 Å². The summed E-state index contributed by atoms with van der Waals surface area (Å²) in [6.07, 6.45) is 3.78. The fourth-order valence-electron chi connectivity index (χ4n) is 1.63. The Hall–Kier alpha value is -2.08. The van der Waals surface area contributed by atoms with Crippen molar-refractivity contribution in [3.63, 3.8) is 0 Å². The maximum Gasteiger partial charge on any atom is 0.225 e. The van der Waals surface area contributed by atoms with Gasteiger partial charge in [-0.25, -0.2) is 9.97 Å². The van der Waals surface area contributed by atoms with Gasteiger partial charge in [0, 0.05) is 35.9 Å². The van der Waals surface area contributed by atoms with Crippen LogP contribution in [0.25, 0.3) is 0 Å². The third-order valence-electron chi connectivity index (χ3n) is 2.63. The van der Waals surface area contributed by atoms with Crippen LogP contribution in [0.2, 0.25) is 0 Å². The average molecular weight is 288 g/mol. The Bertz CT molecular complexity index is 589. The molecule has 20 heavy (non-hydrogen) atoms. The Labute approximate surface area is 122 Å². The molecule has 1 aromatic carbocycles. The van der Waals surface area contributed by atoms with Gasteiger partial charge in [0.1, 0.15) is 0 Å². The topological polar surface area (TPSA) is 80.9 Å². The number of amides is 1. The van der Waals surface area contributed by atoms with Crippen molar-refractivity contribution in [3.8, 4) is 0 Å². The highest BCUT2D eigenvalue weighted by Gasteiger charge is 2.06. The maximum atomic E-state index is 11.8. The van der Waals surface area contributed by atoms with Crippen LogP contribution in [-0.4, -0.2) is 21.6 Å². The molecule has 0 saturated heterocycles. The molecule has 2 rings (SSSR count). The van der Waals surface area contributed by atoms with E-state index in [-0.39, 0.29) is 5.91 Å². The summed E-state index contributed by atoms with van der Waals surface area (Å²) in [6, 6.07) is 7.19. The van der Waals surface area contributed by atoms with Crippen molar-refractivity contribution in [2.75, 3.05) is 16.8 Å². The minimum Gasteiger partial charge on any atom is -0.399 e. The summed E-state index contributed by atoms with van der Waals surface area (Å²) < 4.78 is 0. The van der Waals surface area contributed by atoms with E-state index < -0.39 is 0 Å². The number of nitrogens with two attached hydrogens (primary N) is 1. The van der Waals surface area contributed by atoms with Gasteiger partial charge in [-0.1, -0.05) is 11.8 Å². The van der Waals surface area contributed by atoms with E-state index in [0.29, 0.717) is 23.0 Å².